The molecule has 0 bridgehead atoms. The van der Waals surface area contributed by atoms with E-state index >= 15 is 0 Å². The van der Waals surface area contributed by atoms with Crippen molar-refractivity contribution >= 4 is 0 Å². The zero-order valence-corrected chi connectivity index (χ0v) is 8.76. The standard InChI is InChI=1S/C12H11F2NO/c1-7-4-9(11(14)5-10(7)13)8-2-3-16-12(8)6-15/h2-5H,6,15H2,1H3. The Kier molecular flexibility index (Phi) is 2.75. The van der Waals surface area contributed by atoms with Gasteiger partial charge < -0.3 is 10.2 Å². The van der Waals surface area contributed by atoms with Crippen molar-refractivity contribution < 1.29 is 13.2 Å². The van der Waals surface area contributed by atoms with E-state index in [1.54, 1.807) is 13.0 Å². The molecule has 2 nitrogen and oxygen atoms in total. The van der Waals surface area contributed by atoms with E-state index in [9.17, 15) is 8.78 Å². The van der Waals surface area contributed by atoms with E-state index in [-0.39, 0.29) is 6.54 Å². The van der Waals surface area contributed by atoms with Crippen LogP contribution in [0.2, 0.25) is 0 Å². The first-order valence-corrected chi connectivity index (χ1v) is 4.86. The van der Waals surface area contributed by atoms with Gasteiger partial charge in [-0.1, -0.05) is 0 Å². The van der Waals surface area contributed by atoms with Crippen LogP contribution in [0.5, 0.6) is 0 Å². The van der Waals surface area contributed by atoms with Gasteiger partial charge in [-0.2, -0.15) is 0 Å². The summed E-state index contributed by atoms with van der Waals surface area (Å²) in [5.74, 6) is -0.678. The molecule has 2 rings (SSSR count). The van der Waals surface area contributed by atoms with Gasteiger partial charge in [0.2, 0.25) is 0 Å². The first-order chi connectivity index (χ1) is 7.63. The lowest BCUT2D eigenvalue weighted by atomic mass is 10.0. The van der Waals surface area contributed by atoms with E-state index in [1.165, 1.54) is 12.3 Å². The third-order valence-corrected chi connectivity index (χ3v) is 2.47. The maximum absolute atomic E-state index is 13.6. The van der Waals surface area contributed by atoms with Gasteiger partial charge in [-0.15, -0.1) is 0 Å². The summed E-state index contributed by atoms with van der Waals surface area (Å²) in [4.78, 5) is 0. The lowest BCUT2D eigenvalue weighted by molar-refractivity contribution is 0.513. The van der Waals surface area contributed by atoms with Crippen LogP contribution in [0.25, 0.3) is 11.1 Å². The molecule has 2 N–H and O–H groups in total. The van der Waals surface area contributed by atoms with Crippen molar-refractivity contribution in [3.05, 3.63) is 47.4 Å². The van der Waals surface area contributed by atoms with Gasteiger partial charge in [0.05, 0.1) is 12.8 Å². The molecule has 84 valence electrons. The van der Waals surface area contributed by atoms with E-state index in [1.807, 2.05) is 0 Å². The molecule has 1 aromatic carbocycles. The van der Waals surface area contributed by atoms with E-state index in [0.29, 0.717) is 22.5 Å². The minimum atomic E-state index is -0.612. The number of furan rings is 1. The monoisotopic (exact) mass is 223 g/mol. The Balaban J connectivity index is 2.60. The molecule has 2 aromatic rings. The minimum absolute atomic E-state index is 0.179. The summed E-state index contributed by atoms with van der Waals surface area (Å²) in [5, 5.41) is 0. The molecule has 0 saturated carbocycles. The summed E-state index contributed by atoms with van der Waals surface area (Å²) in [5.41, 5.74) is 6.73. The molecule has 0 fully saturated rings. The Hall–Kier alpha value is -1.68. The zero-order chi connectivity index (χ0) is 11.7. The number of hydrogen-bond acceptors (Lipinski definition) is 2. The highest BCUT2D eigenvalue weighted by molar-refractivity contribution is 5.66. The van der Waals surface area contributed by atoms with Crippen LogP contribution < -0.4 is 5.73 Å². The molecule has 0 atom stereocenters. The predicted octanol–water partition coefficient (Wildman–Crippen LogP) is 2.99. The number of rotatable bonds is 2. The van der Waals surface area contributed by atoms with Crippen LogP contribution in [0, 0.1) is 18.6 Å². The fraction of sp³-hybridized carbons (Fsp3) is 0.167. The van der Waals surface area contributed by atoms with Gasteiger partial charge in [0, 0.05) is 17.2 Å². The molecule has 0 unspecified atom stereocenters. The summed E-state index contributed by atoms with van der Waals surface area (Å²) in [6.45, 7) is 1.76. The van der Waals surface area contributed by atoms with E-state index in [2.05, 4.69) is 0 Å². The highest BCUT2D eigenvalue weighted by Gasteiger charge is 2.14. The lowest BCUT2D eigenvalue weighted by Crippen LogP contribution is -1.97. The number of halogens is 2. The van der Waals surface area contributed by atoms with Crippen LogP contribution in [0.1, 0.15) is 11.3 Å². The van der Waals surface area contributed by atoms with Gasteiger partial charge >= 0.3 is 0 Å². The largest absolute Gasteiger partial charge is 0.467 e. The van der Waals surface area contributed by atoms with E-state index in [4.69, 9.17) is 10.2 Å². The highest BCUT2D eigenvalue weighted by atomic mass is 19.1. The Labute approximate surface area is 91.7 Å². The molecule has 0 saturated heterocycles. The van der Waals surface area contributed by atoms with Gasteiger partial charge in [-0.05, 0) is 24.6 Å². The average molecular weight is 223 g/mol. The zero-order valence-electron chi connectivity index (χ0n) is 8.76. The van der Waals surface area contributed by atoms with Crippen LogP contribution in [-0.2, 0) is 6.54 Å². The number of hydrogen-bond donors (Lipinski definition) is 1. The molecule has 0 spiro atoms. The Morgan fingerprint density at radius 2 is 1.94 bits per heavy atom. The van der Waals surface area contributed by atoms with Crippen molar-refractivity contribution in [2.24, 2.45) is 5.73 Å². The van der Waals surface area contributed by atoms with Crippen LogP contribution in [-0.4, -0.2) is 0 Å². The lowest BCUT2D eigenvalue weighted by Gasteiger charge is -2.05. The summed E-state index contributed by atoms with van der Waals surface area (Å²) < 4.78 is 31.8. The maximum Gasteiger partial charge on any atom is 0.134 e. The molecule has 0 radical (unpaired) electrons. The van der Waals surface area contributed by atoms with Gasteiger partial charge in [0.1, 0.15) is 17.4 Å². The molecule has 1 heterocycles. The van der Waals surface area contributed by atoms with Gasteiger partial charge in [-0.25, -0.2) is 8.78 Å². The number of benzene rings is 1. The van der Waals surface area contributed by atoms with Gasteiger partial charge in [-0.3, -0.25) is 0 Å². The molecule has 16 heavy (non-hydrogen) atoms. The second-order valence-corrected chi connectivity index (χ2v) is 3.54. The molecule has 4 heteroatoms. The summed E-state index contributed by atoms with van der Waals surface area (Å²) in [6.07, 6.45) is 1.44. The topological polar surface area (TPSA) is 39.2 Å². The molecule has 1 aromatic heterocycles. The van der Waals surface area contributed by atoms with Crippen molar-refractivity contribution in [2.45, 2.75) is 13.5 Å². The Morgan fingerprint density at radius 1 is 1.19 bits per heavy atom. The minimum Gasteiger partial charge on any atom is -0.467 e. The fourth-order valence-corrected chi connectivity index (χ4v) is 1.60. The molecule has 0 aliphatic heterocycles. The maximum atomic E-state index is 13.6. The van der Waals surface area contributed by atoms with Crippen molar-refractivity contribution in [2.75, 3.05) is 0 Å². The van der Waals surface area contributed by atoms with Gasteiger partial charge in [0.15, 0.2) is 0 Å². The van der Waals surface area contributed by atoms with Crippen LogP contribution in [0.15, 0.2) is 28.9 Å². The third kappa shape index (κ3) is 1.72. The van der Waals surface area contributed by atoms with Crippen molar-refractivity contribution in [3.8, 4) is 11.1 Å². The first-order valence-electron chi connectivity index (χ1n) is 4.86. The number of nitrogens with two attached hydrogens (primary N) is 1. The Bertz CT molecular complexity index is 520. The fourth-order valence-electron chi connectivity index (χ4n) is 1.60. The molecule has 0 aliphatic rings. The summed E-state index contributed by atoms with van der Waals surface area (Å²) in [7, 11) is 0. The molecular formula is C12H11F2NO. The van der Waals surface area contributed by atoms with Crippen LogP contribution in [0.3, 0.4) is 0 Å². The normalized spacial score (nSPS) is 10.8. The number of aryl methyl sites for hydroxylation is 1. The van der Waals surface area contributed by atoms with Crippen molar-refractivity contribution in [1.82, 2.24) is 0 Å². The second kappa shape index (κ2) is 4.06. The van der Waals surface area contributed by atoms with E-state index < -0.39 is 11.6 Å². The SMILES string of the molecule is Cc1cc(-c2ccoc2CN)c(F)cc1F. The van der Waals surface area contributed by atoms with E-state index in [0.717, 1.165) is 6.07 Å². The average Bonchev–Trinajstić information content (AvgIpc) is 2.71. The smallest absolute Gasteiger partial charge is 0.134 e. The quantitative estimate of drug-likeness (QED) is 0.850. The summed E-state index contributed by atoms with van der Waals surface area (Å²) in [6, 6.07) is 3.95. The molecule has 0 amide bonds. The molecular weight excluding hydrogens is 212 g/mol. The van der Waals surface area contributed by atoms with Gasteiger partial charge in [0.25, 0.3) is 0 Å². The Morgan fingerprint density at radius 3 is 2.62 bits per heavy atom. The van der Waals surface area contributed by atoms with Crippen LogP contribution in [0.4, 0.5) is 8.78 Å². The van der Waals surface area contributed by atoms with Crippen LogP contribution >= 0.6 is 0 Å². The van der Waals surface area contributed by atoms with Crippen molar-refractivity contribution in [1.29, 1.82) is 0 Å². The third-order valence-electron chi connectivity index (χ3n) is 2.47. The second-order valence-electron chi connectivity index (χ2n) is 3.54. The first kappa shape index (κ1) is 10.8. The van der Waals surface area contributed by atoms with Crippen molar-refractivity contribution in [3.63, 3.8) is 0 Å². The highest BCUT2D eigenvalue weighted by Crippen LogP contribution is 2.29. The summed E-state index contributed by atoms with van der Waals surface area (Å²) >= 11 is 0. The predicted molar refractivity (Wildman–Crippen MR) is 56.7 cm³/mol. The molecule has 0 aliphatic carbocycles.